The van der Waals surface area contributed by atoms with Gasteiger partial charge in [0.15, 0.2) is 11.7 Å². The third-order valence-electron chi connectivity index (χ3n) is 5.85. The topological polar surface area (TPSA) is 62.5 Å². The van der Waals surface area contributed by atoms with Crippen molar-refractivity contribution >= 4 is 17.2 Å². The fraction of sp³-hybridized carbons (Fsp3) is 0.269. The van der Waals surface area contributed by atoms with Gasteiger partial charge in [-0.1, -0.05) is 60.7 Å². The van der Waals surface area contributed by atoms with Crippen LogP contribution in [0.1, 0.15) is 18.0 Å². The van der Waals surface area contributed by atoms with Crippen molar-refractivity contribution < 1.29 is 9.21 Å². The molecule has 5 rings (SSSR count). The zero-order valence-electron chi connectivity index (χ0n) is 18.4. The van der Waals surface area contributed by atoms with Crippen LogP contribution in [0.25, 0.3) is 21.9 Å². The second-order valence-corrected chi connectivity index (χ2v) is 9.01. The van der Waals surface area contributed by atoms with E-state index in [1.165, 1.54) is 0 Å². The number of nitrogens with zero attached hydrogens (tertiary/aromatic N) is 4. The normalized spacial score (nSPS) is 14.5. The van der Waals surface area contributed by atoms with E-state index >= 15 is 0 Å². The summed E-state index contributed by atoms with van der Waals surface area (Å²) in [4.78, 5) is 26.2. The molecule has 0 unspecified atom stereocenters. The Bertz CT molecular complexity index is 1180. The number of hydrogen-bond acceptors (Lipinski definition) is 6. The molecular formula is C26H26N4O2S. The van der Waals surface area contributed by atoms with Crippen LogP contribution >= 0.6 is 11.3 Å². The number of carbonyl (C=O) groups is 1. The summed E-state index contributed by atoms with van der Waals surface area (Å²) in [6.45, 7) is 4.04. The van der Waals surface area contributed by atoms with Gasteiger partial charge in [-0.3, -0.25) is 9.69 Å². The van der Waals surface area contributed by atoms with Gasteiger partial charge in [0.25, 0.3) is 0 Å². The Hall–Kier alpha value is -3.29. The molecule has 0 N–H and O–H groups in total. The van der Waals surface area contributed by atoms with Crippen LogP contribution in [0.2, 0.25) is 0 Å². The maximum Gasteiger partial charge on any atom is 0.223 e. The van der Waals surface area contributed by atoms with Crippen LogP contribution in [0.15, 0.2) is 76.7 Å². The Balaban J connectivity index is 1.08. The average molecular weight is 459 g/mol. The summed E-state index contributed by atoms with van der Waals surface area (Å²) in [5.74, 6) is 1.51. The number of benzene rings is 2. The van der Waals surface area contributed by atoms with Gasteiger partial charge in [0, 0.05) is 62.1 Å². The molecule has 0 radical (unpaired) electrons. The molecule has 1 amide bonds. The van der Waals surface area contributed by atoms with Crippen molar-refractivity contribution in [1.29, 1.82) is 0 Å². The molecule has 0 aliphatic carbocycles. The summed E-state index contributed by atoms with van der Waals surface area (Å²) >= 11 is 1.68. The number of carbonyl (C=O) groups excluding carboxylic acids is 1. The second kappa shape index (κ2) is 10.1. The molecular weight excluding hydrogens is 432 g/mol. The molecule has 33 heavy (non-hydrogen) atoms. The van der Waals surface area contributed by atoms with E-state index in [1.54, 1.807) is 17.5 Å². The van der Waals surface area contributed by atoms with Crippen LogP contribution in [-0.4, -0.2) is 51.9 Å². The largest absolute Gasteiger partial charge is 0.441 e. The molecule has 168 valence electrons. The molecule has 0 saturated carbocycles. The minimum atomic E-state index is 0.161. The molecule has 1 aliphatic rings. The van der Waals surface area contributed by atoms with Crippen LogP contribution in [-0.2, 0) is 17.8 Å². The SMILES string of the molecule is O=C(CCc1ncc(-c2ccccc2)o1)N1CCN(Cc2csc(-c3ccccc3)n2)CC1. The highest BCUT2D eigenvalue weighted by atomic mass is 32.1. The summed E-state index contributed by atoms with van der Waals surface area (Å²) in [5, 5.41) is 3.20. The van der Waals surface area contributed by atoms with Gasteiger partial charge in [-0.05, 0) is 0 Å². The molecule has 1 saturated heterocycles. The minimum Gasteiger partial charge on any atom is -0.441 e. The fourth-order valence-electron chi connectivity index (χ4n) is 4.01. The van der Waals surface area contributed by atoms with E-state index in [1.807, 2.05) is 53.4 Å². The van der Waals surface area contributed by atoms with E-state index in [9.17, 15) is 4.79 Å². The summed E-state index contributed by atoms with van der Waals surface area (Å²) in [6.07, 6.45) is 2.67. The molecule has 4 aromatic rings. The number of oxazole rings is 1. The summed E-state index contributed by atoms with van der Waals surface area (Å²) in [5.41, 5.74) is 3.25. The van der Waals surface area contributed by atoms with E-state index in [4.69, 9.17) is 9.40 Å². The van der Waals surface area contributed by atoms with Gasteiger partial charge in [-0.2, -0.15) is 0 Å². The standard InChI is InChI=1S/C26H26N4O2S/c31-25(12-11-24-27-17-23(32-24)20-7-3-1-4-8-20)30-15-13-29(14-16-30)18-22-19-33-26(28-22)21-9-5-2-6-10-21/h1-10,17,19H,11-16,18H2. The second-order valence-electron chi connectivity index (χ2n) is 8.15. The zero-order chi connectivity index (χ0) is 22.5. The first-order chi connectivity index (χ1) is 16.2. The quantitative estimate of drug-likeness (QED) is 0.400. The number of aryl methyl sites for hydroxylation is 1. The number of piperazine rings is 1. The minimum absolute atomic E-state index is 0.161. The fourth-order valence-corrected chi connectivity index (χ4v) is 4.83. The van der Waals surface area contributed by atoms with E-state index in [2.05, 4.69) is 27.4 Å². The molecule has 0 spiro atoms. The molecule has 0 bridgehead atoms. The van der Waals surface area contributed by atoms with Gasteiger partial charge in [0.05, 0.1) is 11.9 Å². The van der Waals surface area contributed by atoms with Gasteiger partial charge < -0.3 is 9.32 Å². The molecule has 7 heteroatoms. The predicted molar refractivity (Wildman–Crippen MR) is 130 cm³/mol. The number of rotatable bonds is 7. The van der Waals surface area contributed by atoms with Crippen molar-refractivity contribution in [3.63, 3.8) is 0 Å². The van der Waals surface area contributed by atoms with Crippen LogP contribution < -0.4 is 0 Å². The van der Waals surface area contributed by atoms with E-state index in [-0.39, 0.29) is 5.91 Å². The Kier molecular flexibility index (Phi) is 6.60. The number of thiazole rings is 1. The van der Waals surface area contributed by atoms with Crippen LogP contribution in [0, 0.1) is 0 Å². The smallest absolute Gasteiger partial charge is 0.223 e. The molecule has 1 fully saturated rings. The molecule has 2 aromatic carbocycles. The highest BCUT2D eigenvalue weighted by molar-refractivity contribution is 7.13. The van der Waals surface area contributed by atoms with Gasteiger partial charge in [-0.25, -0.2) is 9.97 Å². The van der Waals surface area contributed by atoms with Crippen LogP contribution in [0.4, 0.5) is 0 Å². The van der Waals surface area contributed by atoms with Crippen LogP contribution in [0.3, 0.4) is 0 Å². The lowest BCUT2D eigenvalue weighted by molar-refractivity contribution is -0.133. The lowest BCUT2D eigenvalue weighted by Crippen LogP contribution is -2.48. The molecule has 2 aromatic heterocycles. The molecule has 3 heterocycles. The van der Waals surface area contributed by atoms with Crippen molar-refractivity contribution in [2.45, 2.75) is 19.4 Å². The number of amides is 1. The average Bonchev–Trinajstić information content (AvgIpc) is 3.54. The summed E-state index contributed by atoms with van der Waals surface area (Å²) in [7, 11) is 0. The van der Waals surface area contributed by atoms with E-state index < -0.39 is 0 Å². The van der Waals surface area contributed by atoms with Crippen molar-refractivity contribution in [3.8, 4) is 21.9 Å². The first-order valence-corrected chi connectivity index (χ1v) is 12.1. The third kappa shape index (κ3) is 5.38. The molecule has 0 atom stereocenters. The Morgan fingerprint density at radius 1 is 0.939 bits per heavy atom. The first kappa shape index (κ1) is 21.6. The first-order valence-electron chi connectivity index (χ1n) is 11.2. The maximum atomic E-state index is 12.7. The monoisotopic (exact) mass is 458 g/mol. The Morgan fingerprint density at radius 3 is 2.36 bits per heavy atom. The lowest BCUT2D eigenvalue weighted by atomic mass is 10.2. The van der Waals surface area contributed by atoms with Crippen molar-refractivity contribution in [1.82, 2.24) is 19.8 Å². The van der Waals surface area contributed by atoms with Crippen molar-refractivity contribution in [3.05, 3.63) is 83.8 Å². The molecule has 6 nitrogen and oxygen atoms in total. The van der Waals surface area contributed by atoms with E-state index in [0.29, 0.717) is 18.7 Å². The highest BCUT2D eigenvalue weighted by Gasteiger charge is 2.22. The van der Waals surface area contributed by atoms with Crippen LogP contribution in [0.5, 0.6) is 0 Å². The van der Waals surface area contributed by atoms with E-state index in [0.717, 1.165) is 60.3 Å². The molecule has 1 aliphatic heterocycles. The highest BCUT2D eigenvalue weighted by Crippen LogP contribution is 2.24. The summed E-state index contributed by atoms with van der Waals surface area (Å²) < 4.78 is 5.83. The van der Waals surface area contributed by atoms with Gasteiger partial charge in [-0.15, -0.1) is 11.3 Å². The summed E-state index contributed by atoms with van der Waals surface area (Å²) in [6, 6.07) is 20.2. The van der Waals surface area contributed by atoms with Gasteiger partial charge in [0.1, 0.15) is 5.01 Å². The number of hydrogen-bond donors (Lipinski definition) is 0. The maximum absolute atomic E-state index is 12.7. The third-order valence-corrected chi connectivity index (χ3v) is 6.79. The van der Waals surface area contributed by atoms with Gasteiger partial charge in [0.2, 0.25) is 5.91 Å². The lowest BCUT2D eigenvalue weighted by Gasteiger charge is -2.34. The predicted octanol–water partition coefficient (Wildman–Crippen LogP) is 4.74. The Labute approximate surface area is 197 Å². The zero-order valence-corrected chi connectivity index (χ0v) is 19.2. The Morgan fingerprint density at radius 2 is 1.64 bits per heavy atom. The van der Waals surface area contributed by atoms with Crippen molar-refractivity contribution in [2.24, 2.45) is 0 Å². The number of aromatic nitrogens is 2. The van der Waals surface area contributed by atoms with Crippen molar-refractivity contribution in [2.75, 3.05) is 26.2 Å². The van der Waals surface area contributed by atoms with Gasteiger partial charge >= 0.3 is 0 Å².